The summed E-state index contributed by atoms with van der Waals surface area (Å²) in [4.78, 5) is 28.9. The Morgan fingerprint density at radius 3 is 2.64 bits per heavy atom. The molecule has 6 heteroatoms. The smallest absolute Gasteiger partial charge is 0.315 e. The third-order valence-corrected chi connectivity index (χ3v) is 4.64. The molecule has 118 valence electrons. The maximum absolute atomic E-state index is 12.0. The molecular weight excluding hydrogens is 298 g/mol. The van der Waals surface area contributed by atoms with Crippen molar-refractivity contribution >= 4 is 17.4 Å². The van der Waals surface area contributed by atoms with Crippen LogP contribution in [0.15, 0.2) is 23.0 Å². The van der Waals surface area contributed by atoms with Crippen LogP contribution in [0.5, 0.6) is 0 Å². The third kappa shape index (κ3) is 3.98. The van der Waals surface area contributed by atoms with E-state index in [0.717, 1.165) is 16.1 Å². The molecule has 2 aromatic rings. The third-order valence-electron chi connectivity index (χ3n) is 3.46. The number of rotatable bonds is 4. The Labute approximate surface area is 133 Å². The van der Waals surface area contributed by atoms with Crippen LogP contribution in [0.2, 0.25) is 0 Å². The first-order valence-corrected chi connectivity index (χ1v) is 7.98. The minimum Gasteiger partial charge on any atom is -0.334 e. The second-order valence-corrected chi connectivity index (χ2v) is 6.76. The van der Waals surface area contributed by atoms with E-state index in [0.29, 0.717) is 5.56 Å². The molecule has 2 aromatic heterocycles. The number of hydrogen-bond acceptors (Lipinski definition) is 3. The highest BCUT2D eigenvalue weighted by atomic mass is 32.1. The molecule has 1 atom stereocenters. The van der Waals surface area contributed by atoms with Gasteiger partial charge < -0.3 is 15.6 Å². The summed E-state index contributed by atoms with van der Waals surface area (Å²) in [6, 6.07) is 5.60. The van der Waals surface area contributed by atoms with E-state index in [9.17, 15) is 9.59 Å². The van der Waals surface area contributed by atoms with Crippen LogP contribution in [0.25, 0.3) is 0 Å². The number of aromatic nitrogens is 1. The van der Waals surface area contributed by atoms with E-state index >= 15 is 0 Å². The standard InChI is InChI=1S/C16H21N3O2S/c1-9-7-10(2)18-15(20)13(9)8-17-16(21)19-12(4)14-6-5-11(3)22-14/h5-7,12H,8H2,1-4H3,(H,18,20)(H2,17,19,21)/t12-/m0/s1. The largest absolute Gasteiger partial charge is 0.334 e. The average Bonchev–Trinajstić information content (AvgIpc) is 2.84. The van der Waals surface area contributed by atoms with E-state index in [1.54, 1.807) is 11.3 Å². The van der Waals surface area contributed by atoms with Crippen LogP contribution in [-0.4, -0.2) is 11.0 Å². The van der Waals surface area contributed by atoms with Crippen molar-refractivity contribution in [3.63, 3.8) is 0 Å². The lowest BCUT2D eigenvalue weighted by Gasteiger charge is -2.14. The Morgan fingerprint density at radius 2 is 2.05 bits per heavy atom. The van der Waals surface area contributed by atoms with E-state index in [1.165, 1.54) is 4.88 Å². The molecule has 0 aromatic carbocycles. The molecule has 2 rings (SSSR count). The molecule has 0 saturated heterocycles. The van der Waals surface area contributed by atoms with E-state index in [1.807, 2.05) is 45.9 Å². The Kier molecular flexibility index (Phi) is 5.03. The van der Waals surface area contributed by atoms with Crippen LogP contribution >= 0.6 is 11.3 Å². The number of amides is 2. The quantitative estimate of drug-likeness (QED) is 0.810. The van der Waals surface area contributed by atoms with E-state index in [2.05, 4.69) is 15.6 Å². The number of carbonyl (C=O) groups excluding carboxylic acids is 1. The van der Waals surface area contributed by atoms with Crippen LogP contribution in [0.3, 0.4) is 0 Å². The van der Waals surface area contributed by atoms with Crippen molar-refractivity contribution in [2.45, 2.75) is 40.3 Å². The minimum absolute atomic E-state index is 0.0592. The zero-order chi connectivity index (χ0) is 16.3. The number of nitrogens with one attached hydrogen (secondary N) is 3. The van der Waals surface area contributed by atoms with E-state index in [-0.39, 0.29) is 24.2 Å². The lowest BCUT2D eigenvalue weighted by Crippen LogP contribution is -2.37. The first kappa shape index (κ1) is 16.3. The maximum Gasteiger partial charge on any atom is 0.315 e. The number of aromatic amines is 1. The molecule has 0 radical (unpaired) electrons. The molecule has 0 saturated carbocycles. The fourth-order valence-electron chi connectivity index (χ4n) is 2.27. The van der Waals surface area contributed by atoms with Crippen molar-refractivity contribution in [1.29, 1.82) is 0 Å². The first-order chi connectivity index (χ1) is 10.4. The lowest BCUT2D eigenvalue weighted by atomic mass is 10.1. The van der Waals surface area contributed by atoms with Crippen LogP contribution in [-0.2, 0) is 6.54 Å². The lowest BCUT2D eigenvalue weighted by molar-refractivity contribution is 0.237. The Hall–Kier alpha value is -2.08. The fraction of sp³-hybridized carbons (Fsp3) is 0.375. The topological polar surface area (TPSA) is 74.0 Å². The summed E-state index contributed by atoms with van der Waals surface area (Å²) in [5.41, 5.74) is 2.13. The minimum atomic E-state index is -0.280. The molecule has 2 amide bonds. The molecule has 0 spiro atoms. The predicted octanol–water partition coefficient (Wildman–Crippen LogP) is 2.92. The number of hydrogen-bond donors (Lipinski definition) is 3. The van der Waals surface area contributed by atoms with Crippen LogP contribution in [0.1, 0.15) is 39.5 Å². The van der Waals surface area contributed by atoms with Crippen LogP contribution in [0.4, 0.5) is 4.79 Å². The molecule has 0 bridgehead atoms. The van der Waals surface area contributed by atoms with Gasteiger partial charge in [0.25, 0.3) is 5.56 Å². The van der Waals surface area contributed by atoms with Crippen molar-refractivity contribution < 1.29 is 4.79 Å². The van der Waals surface area contributed by atoms with E-state index < -0.39 is 0 Å². The summed E-state index contributed by atoms with van der Waals surface area (Å²) < 4.78 is 0. The summed E-state index contributed by atoms with van der Waals surface area (Å²) in [5.74, 6) is 0. The second-order valence-electron chi connectivity index (χ2n) is 5.44. The van der Waals surface area contributed by atoms with Gasteiger partial charge in [0.1, 0.15) is 0 Å². The van der Waals surface area contributed by atoms with Gasteiger partial charge in [-0.3, -0.25) is 4.79 Å². The number of urea groups is 1. The zero-order valence-corrected chi connectivity index (χ0v) is 14.1. The number of H-pyrrole nitrogens is 1. The van der Waals surface area contributed by atoms with Gasteiger partial charge in [0.15, 0.2) is 0 Å². The van der Waals surface area contributed by atoms with Gasteiger partial charge in [0.2, 0.25) is 0 Å². The van der Waals surface area contributed by atoms with Gasteiger partial charge in [-0.15, -0.1) is 11.3 Å². The summed E-state index contributed by atoms with van der Waals surface area (Å²) >= 11 is 1.66. The normalized spacial score (nSPS) is 12.0. The van der Waals surface area contributed by atoms with Gasteiger partial charge in [-0.25, -0.2) is 4.79 Å². The molecular formula is C16H21N3O2S. The molecule has 0 unspecified atom stereocenters. The predicted molar refractivity (Wildman–Crippen MR) is 89.4 cm³/mol. The Bertz CT molecular complexity index is 733. The number of thiophene rings is 1. The fourth-order valence-corrected chi connectivity index (χ4v) is 3.15. The van der Waals surface area contributed by atoms with Gasteiger partial charge in [-0.2, -0.15) is 0 Å². The van der Waals surface area contributed by atoms with Gasteiger partial charge in [-0.1, -0.05) is 0 Å². The first-order valence-electron chi connectivity index (χ1n) is 7.17. The molecule has 22 heavy (non-hydrogen) atoms. The monoisotopic (exact) mass is 319 g/mol. The van der Waals surface area contributed by atoms with Crippen LogP contribution < -0.4 is 16.2 Å². The molecule has 5 nitrogen and oxygen atoms in total. The van der Waals surface area contributed by atoms with Gasteiger partial charge in [0, 0.05) is 21.0 Å². The molecule has 0 aliphatic heterocycles. The summed E-state index contributed by atoms with van der Waals surface area (Å²) in [6.45, 7) is 7.89. The average molecular weight is 319 g/mol. The van der Waals surface area contributed by atoms with Gasteiger partial charge in [-0.05, 0) is 51.5 Å². The highest BCUT2D eigenvalue weighted by Crippen LogP contribution is 2.22. The van der Waals surface area contributed by atoms with Crippen molar-refractivity contribution in [3.8, 4) is 0 Å². The zero-order valence-electron chi connectivity index (χ0n) is 13.2. The Balaban J connectivity index is 1.95. The SMILES string of the molecule is Cc1cc(C)c(CNC(=O)N[C@@H](C)c2ccc(C)s2)c(=O)[nH]1. The number of carbonyl (C=O) groups is 1. The number of aryl methyl sites for hydroxylation is 3. The van der Waals surface area contributed by atoms with Crippen molar-refractivity contribution in [3.05, 3.63) is 55.1 Å². The van der Waals surface area contributed by atoms with Crippen LogP contribution in [0, 0.1) is 20.8 Å². The van der Waals surface area contributed by atoms with Crippen molar-refractivity contribution in [1.82, 2.24) is 15.6 Å². The highest BCUT2D eigenvalue weighted by molar-refractivity contribution is 7.12. The number of pyridine rings is 1. The molecule has 0 aliphatic rings. The van der Waals surface area contributed by atoms with Crippen molar-refractivity contribution in [2.24, 2.45) is 0 Å². The van der Waals surface area contributed by atoms with E-state index in [4.69, 9.17) is 0 Å². The highest BCUT2D eigenvalue weighted by Gasteiger charge is 2.12. The maximum atomic E-state index is 12.0. The van der Waals surface area contributed by atoms with Gasteiger partial charge in [0.05, 0.1) is 12.6 Å². The molecule has 2 heterocycles. The van der Waals surface area contributed by atoms with Crippen molar-refractivity contribution in [2.75, 3.05) is 0 Å². The van der Waals surface area contributed by atoms with Gasteiger partial charge >= 0.3 is 6.03 Å². The molecule has 3 N–H and O–H groups in total. The summed E-state index contributed by atoms with van der Waals surface area (Å²) in [6.07, 6.45) is 0. The Morgan fingerprint density at radius 1 is 1.32 bits per heavy atom. The summed E-state index contributed by atoms with van der Waals surface area (Å²) in [7, 11) is 0. The second kappa shape index (κ2) is 6.79. The molecule has 0 fully saturated rings. The summed E-state index contributed by atoms with van der Waals surface area (Å²) in [5, 5.41) is 5.62. The molecule has 0 aliphatic carbocycles.